The smallest absolute Gasteiger partial charge is 0.222 e. The van der Waals surface area contributed by atoms with Crippen molar-refractivity contribution in [1.29, 1.82) is 0 Å². The molecule has 5 nitrogen and oxygen atoms in total. The van der Waals surface area contributed by atoms with E-state index in [0.717, 1.165) is 22.5 Å². The molecule has 0 bridgehead atoms. The number of aromatic nitrogens is 1. The predicted molar refractivity (Wildman–Crippen MR) is 118 cm³/mol. The fourth-order valence-electron chi connectivity index (χ4n) is 4.04. The lowest BCUT2D eigenvalue weighted by Gasteiger charge is -2.37. The summed E-state index contributed by atoms with van der Waals surface area (Å²) in [5, 5.41) is 2.89. The Hall–Kier alpha value is -2.47. The highest BCUT2D eigenvalue weighted by Gasteiger charge is 2.26. The van der Waals surface area contributed by atoms with E-state index in [-0.39, 0.29) is 36.4 Å². The van der Waals surface area contributed by atoms with Crippen molar-refractivity contribution in [3.8, 4) is 11.1 Å². The zero-order chi connectivity index (χ0) is 22.0. The molecule has 0 radical (unpaired) electrons. The third-order valence-corrected chi connectivity index (χ3v) is 5.34. The fourth-order valence-corrected chi connectivity index (χ4v) is 4.04. The molecule has 1 aromatic heterocycles. The maximum Gasteiger partial charge on any atom is 0.222 e. The molecule has 1 fully saturated rings. The highest BCUT2D eigenvalue weighted by atomic mass is 19.1. The molecule has 3 rings (SSSR count). The molecule has 6 heteroatoms. The molecular formula is C24H32FN3O2. The molecule has 0 saturated carbocycles. The van der Waals surface area contributed by atoms with Crippen LogP contribution < -0.4 is 10.2 Å². The Balaban J connectivity index is 2.05. The third kappa shape index (κ3) is 4.98. The number of halogens is 1. The van der Waals surface area contributed by atoms with Crippen molar-refractivity contribution in [2.45, 2.75) is 60.3 Å². The molecule has 2 unspecified atom stereocenters. The molecule has 1 N–H and O–H groups in total. The van der Waals surface area contributed by atoms with Crippen molar-refractivity contribution >= 4 is 11.6 Å². The van der Waals surface area contributed by atoms with E-state index in [4.69, 9.17) is 4.74 Å². The zero-order valence-electron chi connectivity index (χ0n) is 18.8. The first-order valence-corrected chi connectivity index (χ1v) is 10.6. The monoisotopic (exact) mass is 413 g/mol. The lowest BCUT2D eigenvalue weighted by Crippen LogP contribution is -2.46. The largest absolute Gasteiger partial charge is 0.372 e. The molecule has 0 spiro atoms. The summed E-state index contributed by atoms with van der Waals surface area (Å²) >= 11 is 0. The molecule has 162 valence electrons. The van der Waals surface area contributed by atoms with Crippen molar-refractivity contribution < 1.29 is 13.9 Å². The quantitative estimate of drug-likeness (QED) is 0.790. The molecule has 2 heterocycles. The summed E-state index contributed by atoms with van der Waals surface area (Å²) in [7, 11) is 0. The molecule has 2 aromatic rings. The number of pyridine rings is 1. The summed E-state index contributed by atoms with van der Waals surface area (Å²) in [6.45, 7) is 12.9. The number of nitrogens with zero attached hydrogens (tertiary/aromatic N) is 2. The van der Waals surface area contributed by atoms with E-state index >= 15 is 4.39 Å². The number of amides is 1. The van der Waals surface area contributed by atoms with Crippen LogP contribution in [0.4, 0.5) is 10.1 Å². The maximum absolute atomic E-state index is 15.9. The number of benzene rings is 1. The number of ether oxygens (including phenoxy) is 1. The van der Waals surface area contributed by atoms with Gasteiger partial charge in [-0.2, -0.15) is 0 Å². The van der Waals surface area contributed by atoms with Crippen LogP contribution in [-0.4, -0.2) is 36.2 Å². The topological polar surface area (TPSA) is 54.5 Å². The average Bonchev–Trinajstić information content (AvgIpc) is 2.64. The number of aryl methyl sites for hydroxylation is 2. The summed E-state index contributed by atoms with van der Waals surface area (Å²) < 4.78 is 21.7. The first-order valence-electron chi connectivity index (χ1n) is 10.6. The molecule has 1 aromatic carbocycles. The average molecular weight is 414 g/mol. The van der Waals surface area contributed by atoms with Crippen LogP contribution in [0.15, 0.2) is 24.3 Å². The molecular weight excluding hydrogens is 381 g/mol. The van der Waals surface area contributed by atoms with Gasteiger partial charge in [-0.05, 0) is 57.0 Å². The van der Waals surface area contributed by atoms with Gasteiger partial charge < -0.3 is 15.0 Å². The molecule has 1 aliphatic heterocycles. The Kier molecular flexibility index (Phi) is 6.76. The highest BCUT2D eigenvalue weighted by molar-refractivity contribution is 5.79. The fraction of sp³-hybridized carbons (Fsp3) is 0.500. The number of rotatable bonds is 5. The number of nitrogens with one attached hydrogen (secondary N) is 1. The maximum atomic E-state index is 15.9. The van der Waals surface area contributed by atoms with Gasteiger partial charge in [0.05, 0.1) is 17.9 Å². The summed E-state index contributed by atoms with van der Waals surface area (Å²) in [4.78, 5) is 18.7. The minimum absolute atomic E-state index is 0.0300. The normalized spacial score (nSPS) is 19.3. The molecule has 1 amide bonds. The van der Waals surface area contributed by atoms with Crippen LogP contribution in [0.25, 0.3) is 11.1 Å². The second-order valence-corrected chi connectivity index (χ2v) is 8.60. The molecule has 1 saturated heterocycles. The Bertz CT molecular complexity index is 899. The SMILES string of the molecule is Cc1cc(-c2ccc(N3CC(C)OC(C)C3)c(F)c2CNC(=O)C(C)C)cc(C)n1. The molecule has 30 heavy (non-hydrogen) atoms. The van der Waals surface area contributed by atoms with Crippen LogP contribution in [0, 0.1) is 25.6 Å². The van der Waals surface area contributed by atoms with Gasteiger partial charge in [-0.25, -0.2) is 4.39 Å². The Morgan fingerprint density at radius 1 is 1.20 bits per heavy atom. The van der Waals surface area contributed by atoms with Gasteiger partial charge in [0.1, 0.15) is 0 Å². The van der Waals surface area contributed by atoms with Gasteiger partial charge in [0.2, 0.25) is 5.91 Å². The van der Waals surface area contributed by atoms with Crippen molar-refractivity contribution in [2.75, 3.05) is 18.0 Å². The van der Waals surface area contributed by atoms with Crippen molar-refractivity contribution in [3.63, 3.8) is 0 Å². The van der Waals surface area contributed by atoms with E-state index in [1.807, 2.05) is 70.7 Å². The Labute approximate surface area is 178 Å². The van der Waals surface area contributed by atoms with E-state index < -0.39 is 0 Å². The zero-order valence-corrected chi connectivity index (χ0v) is 18.8. The van der Waals surface area contributed by atoms with Crippen molar-refractivity contribution in [1.82, 2.24) is 10.3 Å². The first kappa shape index (κ1) is 22.2. The third-order valence-electron chi connectivity index (χ3n) is 5.34. The van der Waals surface area contributed by atoms with Gasteiger partial charge in [-0.1, -0.05) is 19.9 Å². The Morgan fingerprint density at radius 3 is 2.37 bits per heavy atom. The predicted octanol–water partition coefficient (Wildman–Crippen LogP) is 4.39. The summed E-state index contributed by atoms with van der Waals surface area (Å²) in [6.07, 6.45) is 0.0600. The van der Waals surface area contributed by atoms with Crippen molar-refractivity contribution in [2.24, 2.45) is 5.92 Å². The van der Waals surface area contributed by atoms with Gasteiger partial charge in [0.25, 0.3) is 0 Å². The van der Waals surface area contributed by atoms with E-state index in [0.29, 0.717) is 24.3 Å². The standard InChI is InChI=1S/C24H32FN3O2/c1-14(2)24(29)26-11-21-20(19-9-15(3)27-16(4)10-19)7-8-22(23(21)25)28-12-17(5)30-18(6)13-28/h7-10,14,17-18H,11-13H2,1-6H3,(H,26,29). The summed E-state index contributed by atoms with van der Waals surface area (Å²) in [5.74, 6) is -0.544. The lowest BCUT2D eigenvalue weighted by atomic mass is 9.96. The Morgan fingerprint density at radius 2 is 1.80 bits per heavy atom. The van der Waals surface area contributed by atoms with Gasteiger partial charge in [0, 0.05) is 42.5 Å². The minimum atomic E-state index is -0.287. The molecule has 1 aliphatic rings. The number of hydrogen-bond donors (Lipinski definition) is 1. The van der Waals surface area contributed by atoms with Crippen LogP contribution in [0.5, 0.6) is 0 Å². The second-order valence-electron chi connectivity index (χ2n) is 8.60. The first-order chi connectivity index (χ1) is 14.2. The summed E-state index contributed by atoms with van der Waals surface area (Å²) in [6, 6.07) is 7.70. The van der Waals surface area contributed by atoms with E-state index in [1.54, 1.807) is 0 Å². The van der Waals surface area contributed by atoms with Crippen LogP contribution in [0.2, 0.25) is 0 Å². The van der Waals surface area contributed by atoms with Gasteiger partial charge in [0.15, 0.2) is 5.82 Å². The van der Waals surface area contributed by atoms with Gasteiger partial charge >= 0.3 is 0 Å². The highest BCUT2D eigenvalue weighted by Crippen LogP contribution is 2.33. The number of hydrogen-bond acceptors (Lipinski definition) is 4. The van der Waals surface area contributed by atoms with Gasteiger partial charge in [-0.15, -0.1) is 0 Å². The van der Waals surface area contributed by atoms with Crippen molar-refractivity contribution in [3.05, 3.63) is 47.0 Å². The number of carbonyl (C=O) groups excluding carboxylic acids is 1. The van der Waals surface area contributed by atoms with Crippen LogP contribution in [0.1, 0.15) is 44.6 Å². The number of anilines is 1. The minimum Gasteiger partial charge on any atom is -0.372 e. The van der Waals surface area contributed by atoms with E-state index in [9.17, 15) is 4.79 Å². The molecule has 2 atom stereocenters. The lowest BCUT2D eigenvalue weighted by molar-refractivity contribution is -0.124. The van der Waals surface area contributed by atoms with Crippen LogP contribution >= 0.6 is 0 Å². The van der Waals surface area contributed by atoms with Gasteiger partial charge in [-0.3, -0.25) is 9.78 Å². The van der Waals surface area contributed by atoms with Crippen LogP contribution in [0.3, 0.4) is 0 Å². The second kappa shape index (κ2) is 9.13. The van der Waals surface area contributed by atoms with Crippen LogP contribution in [-0.2, 0) is 16.1 Å². The summed E-state index contributed by atoms with van der Waals surface area (Å²) in [5.41, 5.74) is 4.49. The number of carbonyl (C=O) groups is 1. The van der Waals surface area contributed by atoms with E-state index in [1.165, 1.54) is 0 Å². The number of morpholine rings is 1. The van der Waals surface area contributed by atoms with E-state index in [2.05, 4.69) is 10.3 Å². The molecule has 0 aliphatic carbocycles.